The lowest BCUT2D eigenvalue weighted by Crippen LogP contribution is -2.51. The van der Waals surface area contributed by atoms with Crippen LogP contribution in [0, 0.1) is 46.3 Å². The summed E-state index contributed by atoms with van der Waals surface area (Å²) in [7, 11) is 0. The summed E-state index contributed by atoms with van der Waals surface area (Å²) in [5, 5.41) is 0. The molecule has 4 aliphatic carbocycles. The van der Waals surface area contributed by atoms with Crippen LogP contribution in [0.25, 0.3) is 0 Å². The second kappa shape index (κ2) is 9.98. The van der Waals surface area contributed by atoms with Gasteiger partial charge in [0.25, 0.3) is 0 Å². The molecule has 0 aliphatic heterocycles. The van der Waals surface area contributed by atoms with Crippen molar-refractivity contribution in [1.29, 1.82) is 0 Å². The van der Waals surface area contributed by atoms with Crippen molar-refractivity contribution in [2.45, 2.75) is 123 Å². The van der Waals surface area contributed by atoms with E-state index >= 15 is 0 Å². The monoisotopic (exact) mass is 520 g/mol. The fraction of sp³-hybridized carbons (Fsp3) is 0.900. The van der Waals surface area contributed by atoms with Gasteiger partial charge in [-0.05, 0) is 98.2 Å². The van der Waals surface area contributed by atoms with Gasteiger partial charge in [0.15, 0.2) is 0 Å². The molecule has 0 bridgehead atoms. The second-order valence-corrected chi connectivity index (χ2v) is 14.6. The maximum absolute atomic E-state index is 12.1. The lowest BCUT2D eigenvalue weighted by Gasteiger charge is -2.58. The van der Waals surface area contributed by atoms with Crippen LogP contribution in [0.4, 0.5) is 0 Å². The number of alkyl halides is 1. The number of carbonyl (C=O) groups excluding carboxylic acids is 1. The Morgan fingerprint density at radius 1 is 1.06 bits per heavy atom. The average Bonchev–Trinajstić information content (AvgIpc) is 3.11. The predicted octanol–water partition coefficient (Wildman–Crippen LogP) is 8.72. The van der Waals surface area contributed by atoms with E-state index in [2.05, 4.69) is 56.6 Å². The molecular weight excluding hydrogens is 472 g/mol. The smallest absolute Gasteiger partial charge is 0.319 e. The third-order valence-electron chi connectivity index (χ3n) is 10.9. The highest BCUT2D eigenvalue weighted by Gasteiger charge is 2.59. The molecule has 0 aromatic rings. The Labute approximate surface area is 212 Å². The van der Waals surface area contributed by atoms with Crippen molar-refractivity contribution in [1.82, 2.24) is 0 Å². The Balaban J connectivity index is 1.45. The molecule has 0 spiro atoms. The van der Waals surface area contributed by atoms with E-state index in [1.54, 1.807) is 5.57 Å². The SMILES string of the molecule is CC(C)CCC[C@@H](C)[C@H]1CC[C@@H]2[C@@H]3CC=C4C[C@@H](OC(=O)[C@H](C)Br)CC[C@]4(C)[C@@H]3CC[C@@]21C. The van der Waals surface area contributed by atoms with Crippen molar-refractivity contribution in [2.24, 2.45) is 46.3 Å². The van der Waals surface area contributed by atoms with Crippen molar-refractivity contribution < 1.29 is 9.53 Å². The molecule has 3 fully saturated rings. The largest absolute Gasteiger partial charge is 0.461 e. The first-order chi connectivity index (χ1) is 15.6. The lowest BCUT2D eigenvalue weighted by molar-refractivity contribution is -0.150. The molecule has 0 radical (unpaired) electrons. The maximum atomic E-state index is 12.1. The molecule has 0 aromatic carbocycles. The maximum Gasteiger partial charge on any atom is 0.319 e. The molecule has 188 valence electrons. The molecule has 3 saturated carbocycles. The highest BCUT2D eigenvalue weighted by atomic mass is 79.9. The number of carbonyl (C=O) groups is 1. The molecule has 2 nitrogen and oxygen atoms in total. The Hall–Kier alpha value is -0.310. The predicted molar refractivity (Wildman–Crippen MR) is 141 cm³/mol. The normalized spacial score (nSPS) is 42.1. The number of halogens is 1. The van der Waals surface area contributed by atoms with Crippen LogP contribution >= 0.6 is 15.9 Å². The number of fused-ring (bicyclic) bond motifs is 5. The average molecular weight is 522 g/mol. The van der Waals surface area contributed by atoms with E-state index in [0.717, 1.165) is 48.3 Å². The van der Waals surface area contributed by atoms with Crippen molar-refractivity contribution in [3.05, 3.63) is 11.6 Å². The van der Waals surface area contributed by atoms with Crippen LogP contribution < -0.4 is 0 Å². The highest BCUT2D eigenvalue weighted by molar-refractivity contribution is 9.10. The summed E-state index contributed by atoms with van der Waals surface area (Å²) in [4.78, 5) is 11.9. The zero-order chi connectivity index (χ0) is 24.0. The molecule has 4 rings (SSSR count). The Kier molecular flexibility index (Phi) is 7.79. The molecule has 0 heterocycles. The first kappa shape index (κ1) is 25.8. The number of rotatable bonds is 7. The van der Waals surface area contributed by atoms with E-state index in [4.69, 9.17) is 4.74 Å². The van der Waals surface area contributed by atoms with Gasteiger partial charge in [0.05, 0.1) is 0 Å². The summed E-state index contributed by atoms with van der Waals surface area (Å²) in [5.41, 5.74) is 2.49. The van der Waals surface area contributed by atoms with Crippen molar-refractivity contribution in [2.75, 3.05) is 0 Å². The van der Waals surface area contributed by atoms with Crippen LogP contribution in [-0.4, -0.2) is 16.9 Å². The first-order valence-electron chi connectivity index (χ1n) is 14.1. The van der Waals surface area contributed by atoms with Crippen molar-refractivity contribution in [3.8, 4) is 0 Å². The Bertz CT molecular complexity index is 742. The fourth-order valence-electron chi connectivity index (χ4n) is 9.01. The zero-order valence-corrected chi connectivity index (χ0v) is 23.8. The van der Waals surface area contributed by atoms with Gasteiger partial charge in [-0.15, -0.1) is 0 Å². The van der Waals surface area contributed by atoms with Gasteiger partial charge in [-0.1, -0.05) is 81.5 Å². The first-order valence-corrected chi connectivity index (χ1v) is 15.0. The summed E-state index contributed by atoms with van der Waals surface area (Å²) in [6.07, 6.45) is 17.1. The number of hydrogen-bond acceptors (Lipinski definition) is 2. The van der Waals surface area contributed by atoms with E-state index in [-0.39, 0.29) is 16.9 Å². The van der Waals surface area contributed by atoms with Gasteiger partial charge in [0.2, 0.25) is 0 Å². The van der Waals surface area contributed by atoms with Crippen LogP contribution in [-0.2, 0) is 9.53 Å². The molecule has 9 atom stereocenters. The van der Waals surface area contributed by atoms with Gasteiger partial charge >= 0.3 is 5.97 Å². The summed E-state index contributed by atoms with van der Waals surface area (Å²) >= 11 is 3.37. The van der Waals surface area contributed by atoms with Gasteiger partial charge < -0.3 is 4.74 Å². The van der Waals surface area contributed by atoms with Gasteiger partial charge in [-0.3, -0.25) is 4.79 Å². The lowest BCUT2D eigenvalue weighted by atomic mass is 9.47. The van der Waals surface area contributed by atoms with Crippen LogP contribution in [0.5, 0.6) is 0 Å². The van der Waals surface area contributed by atoms with E-state index in [1.165, 1.54) is 57.8 Å². The van der Waals surface area contributed by atoms with E-state index in [1.807, 2.05) is 6.92 Å². The molecule has 4 aliphatic rings. The number of allylic oxidation sites excluding steroid dienone is 1. The molecule has 33 heavy (non-hydrogen) atoms. The molecule has 0 aromatic heterocycles. The third kappa shape index (κ3) is 4.88. The molecule has 3 heteroatoms. The number of esters is 1. The Morgan fingerprint density at radius 2 is 1.82 bits per heavy atom. The van der Waals surface area contributed by atoms with Crippen LogP contribution in [0.3, 0.4) is 0 Å². The van der Waals surface area contributed by atoms with E-state index in [9.17, 15) is 4.79 Å². The molecule has 0 saturated heterocycles. The molecule has 0 N–H and O–H groups in total. The van der Waals surface area contributed by atoms with E-state index < -0.39 is 0 Å². The van der Waals surface area contributed by atoms with Crippen LogP contribution in [0.2, 0.25) is 0 Å². The van der Waals surface area contributed by atoms with Gasteiger partial charge in [0.1, 0.15) is 10.9 Å². The third-order valence-corrected chi connectivity index (χ3v) is 11.2. The fourth-order valence-corrected chi connectivity index (χ4v) is 9.12. The minimum Gasteiger partial charge on any atom is -0.461 e. The quantitative estimate of drug-likeness (QED) is 0.190. The summed E-state index contributed by atoms with van der Waals surface area (Å²) < 4.78 is 5.83. The number of ether oxygens (including phenoxy) is 1. The Morgan fingerprint density at radius 3 is 2.52 bits per heavy atom. The topological polar surface area (TPSA) is 26.3 Å². The zero-order valence-electron chi connectivity index (χ0n) is 22.2. The van der Waals surface area contributed by atoms with Gasteiger partial charge in [-0.25, -0.2) is 0 Å². The summed E-state index contributed by atoms with van der Waals surface area (Å²) in [6.45, 7) is 14.4. The van der Waals surface area contributed by atoms with Gasteiger partial charge in [-0.2, -0.15) is 0 Å². The minimum atomic E-state index is -0.213. The van der Waals surface area contributed by atoms with E-state index in [0.29, 0.717) is 10.8 Å². The summed E-state index contributed by atoms with van der Waals surface area (Å²) in [6, 6.07) is 0. The van der Waals surface area contributed by atoms with Crippen molar-refractivity contribution in [3.63, 3.8) is 0 Å². The minimum absolute atomic E-state index is 0.0739. The summed E-state index contributed by atoms with van der Waals surface area (Å²) in [5.74, 6) is 5.14. The number of hydrogen-bond donors (Lipinski definition) is 0. The second-order valence-electron chi connectivity index (χ2n) is 13.2. The standard InChI is InChI=1S/C30H49BrO2/c1-19(2)8-7-9-20(3)25-12-13-26-24-11-10-22-18-23(33-28(32)21(4)31)14-16-29(22,5)27(24)15-17-30(25,26)6/h10,19-21,23-27H,7-9,11-18H2,1-6H3/t20-,21+,23+,24+,25-,26-,27-,29+,30-/m1/s1. The molecule has 0 unspecified atom stereocenters. The highest BCUT2D eigenvalue weighted by Crippen LogP contribution is 2.67. The van der Waals surface area contributed by atoms with Gasteiger partial charge in [0, 0.05) is 6.42 Å². The molecular formula is C30H49BrO2. The molecule has 0 amide bonds. The van der Waals surface area contributed by atoms with Crippen LogP contribution in [0.1, 0.15) is 112 Å². The van der Waals surface area contributed by atoms with Crippen molar-refractivity contribution >= 4 is 21.9 Å². The van der Waals surface area contributed by atoms with Crippen LogP contribution in [0.15, 0.2) is 11.6 Å².